The van der Waals surface area contributed by atoms with Crippen LogP contribution in [0.15, 0.2) is 6.07 Å². The number of hydrogen-bond acceptors (Lipinski definition) is 3. The van der Waals surface area contributed by atoms with Gasteiger partial charge in [-0.05, 0) is 37.8 Å². The van der Waals surface area contributed by atoms with E-state index >= 15 is 0 Å². The molecule has 1 aromatic heterocycles. The highest BCUT2D eigenvalue weighted by atomic mass is 32.1. The van der Waals surface area contributed by atoms with E-state index in [1.54, 1.807) is 4.88 Å². The Morgan fingerprint density at radius 2 is 2.45 bits per heavy atom. The molecule has 0 saturated carbocycles. The van der Waals surface area contributed by atoms with E-state index in [4.69, 9.17) is 11.2 Å². The highest BCUT2D eigenvalue weighted by molar-refractivity contribution is 7.12. The average molecular weight is 289 g/mol. The van der Waals surface area contributed by atoms with Crippen molar-refractivity contribution in [2.24, 2.45) is 0 Å². The van der Waals surface area contributed by atoms with Gasteiger partial charge in [0.1, 0.15) is 0 Å². The molecular formula is C17H23NOS. The highest BCUT2D eigenvalue weighted by Crippen LogP contribution is 2.46. The molecule has 2 nitrogen and oxygen atoms in total. The number of ether oxygens (including phenoxy) is 1. The Morgan fingerprint density at radius 3 is 3.15 bits per heavy atom. The molecule has 3 heterocycles. The van der Waals surface area contributed by atoms with Gasteiger partial charge in [-0.3, -0.25) is 4.90 Å². The summed E-state index contributed by atoms with van der Waals surface area (Å²) >= 11 is 1.99. The fraction of sp³-hybridized carbons (Fsp3) is 0.647. The predicted molar refractivity (Wildman–Crippen MR) is 84.1 cm³/mol. The molecule has 1 spiro atoms. The number of fused-ring (bicyclic) bond motifs is 2. The second-order valence-electron chi connectivity index (χ2n) is 5.97. The Balaban J connectivity index is 1.88. The van der Waals surface area contributed by atoms with Gasteiger partial charge in [-0.2, -0.15) is 0 Å². The van der Waals surface area contributed by atoms with Gasteiger partial charge in [0, 0.05) is 28.8 Å². The van der Waals surface area contributed by atoms with Crippen LogP contribution in [-0.2, 0) is 23.2 Å². The summed E-state index contributed by atoms with van der Waals surface area (Å²) in [7, 11) is 0. The normalized spacial score (nSPS) is 30.1. The molecule has 2 atom stereocenters. The van der Waals surface area contributed by atoms with Crippen molar-refractivity contribution in [3.8, 4) is 12.3 Å². The molecule has 1 aromatic rings. The zero-order chi connectivity index (χ0) is 14.2. The molecule has 0 aromatic carbocycles. The molecule has 2 aliphatic rings. The zero-order valence-electron chi connectivity index (χ0n) is 12.4. The Morgan fingerprint density at radius 1 is 1.60 bits per heavy atom. The Hall–Kier alpha value is -0.820. The van der Waals surface area contributed by atoms with Crippen LogP contribution >= 0.6 is 11.3 Å². The van der Waals surface area contributed by atoms with Crippen molar-refractivity contribution in [2.45, 2.75) is 51.2 Å². The zero-order valence-corrected chi connectivity index (χ0v) is 13.3. The molecule has 3 rings (SSSR count). The SMILES string of the molecule is C#CCN1CCC2(C[C@@H]1C)OCCc1sc(CC)cc12. The van der Waals surface area contributed by atoms with E-state index < -0.39 is 0 Å². The van der Waals surface area contributed by atoms with E-state index in [-0.39, 0.29) is 5.60 Å². The van der Waals surface area contributed by atoms with Crippen molar-refractivity contribution in [1.82, 2.24) is 4.90 Å². The maximum absolute atomic E-state index is 6.32. The summed E-state index contributed by atoms with van der Waals surface area (Å²) in [4.78, 5) is 5.46. The summed E-state index contributed by atoms with van der Waals surface area (Å²) in [6.07, 6.45) is 9.83. The van der Waals surface area contributed by atoms with Crippen LogP contribution in [0, 0.1) is 12.3 Å². The molecule has 3 heteroatoms. The number of hydrogen-bond donors (Lipinski definition) is 0. The minimum Gasteiger partial charge on any atom is -0.370 e. The fourth-order valence-corrected chi connectivity index (χ4v) is 4.81. The van der Waals surface area contributed by atoms with Crippen LogP contribution in [0.4, 0.5) is 0 Å². The van der Waals surface area contributed by atoms with Crippen molar-refractivity contribution in [2.75, 3.05) is 19.7 Å². The van der Waals surface area contributed by atoms with Crippen molar-refractivity contribution in [3.05, 3.63) is 21.4 Å². The van der Waals surface area contributed by atoms with E-state index in [0.29, 0.717) is 6.04 Å². The second kappa shape index (κ2) is 5.52. The van der Waals surface area contributed by atoms with Crippen LogP contribution in [0.2, 0.25) is 0 Å². The molecule has 1 fully saturated rings. The lowest BCUT2D eigenvalue weighted by atomic mass is 9.79. The van der Waals surface area contributed by atoms with Crippen LogP contribution in [-0.4, -0.2) is 30.6 Å². The fourth-order valence-electron chi connectivity index (χ4n) is 3.63. The summed E-state index contributed by atoms with van der Waals surface area (Å²) in [5.41, 5.74) is 1.44. The lowest BCUT2D eigenvalue weighted by Gasteiger charge is -2.46. The minimum absolute atomic E-state index is 0.0397. The van der Waals surface area contributed by atoms with Crippen LogP contribution in [0.1, 0.15) is 42.0 Å². The molecule has 2 aliphatic heterocycles. The molecule has 0 N–H and O–H groups in total. The molecule has 0 bridgehead atoms. The Bertz CT molecular complexity index is 530. The predicted octanol–water partition coefficient (Wildman–Crippen LogP) is 3.20. The van der Waals surface area contributed by atoms with Crippen molar-refractivity contribution < 1.29 is 4.74 Å². The van der Waals surface area contributed by atoms with Crippen molar-refractivity contribution in [1.29, 1.82) is 0 Å². The van der Waals surface area contributed by atoms with Crippen molar-refractivity contribution in [3.63, 3.8) is 0 Å². The first-order chi connectivity index (χ1) is 9.68. The van der Waals surface area contributed by atoms with Gasteiger partial charge >= 0.3 is 0 Å². The number of nitrogens with zero attached hydrogens (tertiary/aromatic N) is 1. The van der Waals surface area contributed by atoms with E-state index in [1.165, 1.54) is 10.4 Å². The smallest absolute Gasteiger partial charge is 0.0969 e. The average Bonchev–Trinajstić information content (AvgIpc) is 2.87. The van der Waals surface area contributed by atoms with Gasteiger partial charge in [-0.1, -0.05) is 12.8 Å². The molecule has 20 heavy (non-hydrogen) atoms. The van der Waals surface area contributed by atoms with Crippen LogP contribution in [0.3, 0.4) is 0 Å². The molecule has 1 unspecified atom stereocenters. The van der Waals surface area contributed by atoms with Gasteiger partial charge in [0.05, 0.1) is 18.8 Å². The maximum Gasteiger partial charge on any atom is 0.0969 e. The van der Waals surface area contributed by atoms with Crippen LogP contribution in [0.5, 0.6) is 0 Å². The third-order valence-electron chi connectivity index (χ3n) is 4.75. The number of thiophene rings is 1. The van der Waals surface area contributed by atoms with Gasteiger partial charge in [0.2, 0.25) is 0 Å². The van der Waals surface area contributed by atoms with Gasteiger partial charge in [0.15, 0.2) is 0 Å². The van der Waals surface area contributed by atoms with E-state index in [2.05, 4.69) is 30.7 Å². The van der Waals surface area contributed by atoms with Gasteiger partial charge in [0.25, 0.3) is 0 Å². The Kier molecular flexibility index (Phi) is 3.90. The quantitative estimate of drug-likeness (QED) is 0.775. The molecule has 0 aliphatic carbocycles. The Labute approximate surface area is 126 Å². The first kappa shape index (κ1) is 14.1. The molecule has 108 valence electrons. The van der Waals surface area contributed by atoms with Gasteiger partial charge in [-0.25, -0.2) is 0 Å². The number of terminal acetylenes is 1. The number of likely N-dealkylation sites (tertiary alicyclic amines) is 1. The standard InChI is InChI=1S/C17H23NOS/c1-4-8-18-9-7-17(12-13(18)3)15-11-14(5-2)20-16(15)6-10-19-17/h1,11,13H,5-10,12H2,2-3H3/t13-,17?/m0/s1. The highest BCUT2D eigenvalue weighted by Gasteiger charge is 2.44. The van der Waals surface area contributed by atoms with Crippen LogP contribution in [0.25, 0.3) is 0 Å². The third kappa shape index (κ3) is 2.30. The summed E-state index contributed by atoms with van der Waals surface area (Å²) in [6.45, 7) is 7.19. The summed E-state index contributed by atoms with van der Waals surface area (Å²) in [6, 6.07) is 2.90. The number of piperidine rings is 1. The van der Waals surface area contributed by atoms with Crippen LogP contribution < -0.4 is 0 Å². The number of rotatable bonds is 2. The van der Waals surface area contributed by atoms with E-state index in [0.717, 1.165) is 45.4 Å². The molecule has 0 radical (unpaired) electrons. The second-order valence-corrected chi connectivity index (χ2v) is 7.19. The van der Waals surface area contributed by atoms with Crippen molar-refractivity contribution >= 4 is 11.3 Å². The summed E-state index contributed by atoms with van der Waals surface area (Å²) < 4.78 is 6.32. The van der Waals surface area contributed by atoms with Gasteiger partial charge < -0.3 is 4.74 Å². The summed E-state index contributed by atoms with van der Waals surface area (Å²) in [5, 5.41) is 0. The third-order valence-corrected chi connectivity index (χ3v) is 6.09. The lowest BCUT2D eigenvalue weighted by Crippen LogP contribution is -2.50. The minimum atomic E-state index is -0.0397. The molecular weight excluding hydrogens is 266 g/mol. The maximum atomic E-state index is 6.32. The lowest BCUT2D eigenvalue weighted by molar-refractivity contribution is -0.109. The monoisotopic (exact) mass is 289 g/mol. The van der Waals surface area contributed by atoms with E-state index in [1.807, 2.05) is 11.3 Å². The topological polar surface area (TPSA) is 12.5 Å². The van der Waals surface area contributed by atoms with Gasteiger partial charge in [-0.15, -0.1) is 17.8 Å². The van der Waals surface area contributed by atoms with E-state index in [9.17, 15) is 0 Å². The molecule has 1 saturated heterocycles. The first-order valence-corrected chi connectivity index (χ1v) is 8.43. The molecule has 0 amide bonds. The number of aryl methyl sites for hydroxylation is 1. The first-order valence-electron chi connectivity index (χ1n) is 7.62. The summed E-state index contributed by atoms with van der Waals surface area (Å²) in [5.74, 6) is 2.78. The largest absolute Gasteiger partial charge is 0.370 e.